The fourth-order valence-corrected chi connectivity index (χ4v) is 2.34. The number of hydrogen-bond donors (Lipinski definition) is 1. The van der Waals surface area contributed by atoms with Gasteiger partial charge in [0.15, 0.2) is 11.5 Å². The molecular weight excluding hydrogens is 390 g/mol. The molecule has 10 heteroatoms. The number of amides is 1. The van der Waals surface area contributed by atoms with Gasteiger partial charge in [0.25, 0.3) is 11.6 Å². The van der Waals surface area contributed by atoms with Crippen LogP contribution < -0.4 is 14.9 Å². The molecule has 0 unspecified atom stereocenters. The molecule has 0 fully saturated rings. The lowest BCUT2D eigenvalue weighted by Crippen LogP contribution is -2.17. The number of nitro groups is 1. The summed E-state index contributed by atoms with van der Waals surface area (Å²) in [6, 6.07) is 11.0. The number of hydrazone groups is 1. The van der Waals surface area contributed by atoms with Crippen molar-refractivity contribution in [2.24, 2.45) is 5.10 Å². The quantitative estimate of drug-likeness (QED) is 0.344. The topological polar surface area (TPSA) is 129 Å². The Morgan fingerprint density at radius 3 is 2.77 bits per heavy atom. The number of pyridine rings is 2. The SMILES string of the molecule is CCOc1cc(/C=N/NC(=O)c2cccnc2)ccc1Oc1ccc([N+](=O)[O-])cn1. The van der Waals surface area contributed by atoms with Gasteiger partial charge in [-0.15, -0.1) is 0 Å². The molecule has 0 radical (unpaired) electrons. The normalized spacial score (nSPS) is 10.6. The Balaban J connectivity index is 1.71. The van der Waals surface area contributed by atoms with E-state index in [1.54, 1.807) is 36.5 Å². The maximum Gasteiger partial charge on any atom is 0.287 e. The monoisotopic (exact) mass is 407 g/mol. The maximum absolute atomic E-state index is 12.0. The molecular formula is C20H17N5O5. The molecule has 1 aromatic carbocycles. The van der Waals surface area contributed by atoms with Crippen LogP contribution >= 0.6 is 0 Å². The number of hydrogen-bond acceptors (Lipinski definition) is 8. The van der Waals surface area contributed by atoms with Gasteiger partial charge in [-0.25, -0.2) is 10.4 Å². The zero-order valence-electron chi connectivity index (χ0n) is 15.9. The summed E-state index contributed by atoms with van der Waals surface area (Å²) in [7, 11) is 0. The van der Waals surface area contributed by atoms with Crippen molar-refractivity contribution in [3.05, 3.63) is 82.3 Å². The fraction of sp³-hybridized carbons (Fsp3) is 0.100. The Morgan fingerprint density at radius 1 is 1.23 bits per heavy atom. The molecule has 10 nitrogen and oxygen atoms in total. The van der Waals surface area contributed by atoms with E-state index >= 15 is 0 Å². The third-order valence-electron chi connectivity index (χ3n) is 3.72. The lowest BCUT2D eigenvalue weighted by Gasteiger charge is -2.11. The van der Waals surface area contributed by atoms with Crippen molar-refractivity contribution in [2.45, 2.75) is 6.92 Å². The Labute approximate surface area is 171 Å². The molecule has 2 aromatic heterocycles. The summed E-state index contributed by atoms with van der Waals surface area (Å²) in [6.07, 6.45) is 5.59. The van der Waals surface area contributed by atoms with E-state index in [-0.39, 0.29) is 17.5 Å². The molecule has 3 rings (SSSR count). The second-order valence-corrected chi connectivity index (χ2v) is 5.79. The summed E-state index contributed by atoms with van der Waals surface area (Å²) in [5, 5.41) is 14.7. The molecule has 0 bridgehead atoms. The number of nitrogens with one attached hydrogen (secondary N) is 1. The molecule has 0 aliphatic heterocycles. The summed E-state index contributed by atoms with van der Waals surface area (Å²) in [6.45, 7) is 2.21. The van der Waals surface area contributed by atoms with Crippen molar-refractivity contribution in [2.75, 3.05) is 6.61 Å². The van der Waals surface area contributed by atoms with Gasteiger partial charge in [-0.05, 0) is 42.8 Å². The van der Waals surface area contributed by atoms with Gasteiger partial charge in [0.1, 0.15) is 6.20 Å². The second kappa shape index (κ2) is 9.73. The summed E-state index contributed by atoms with van der Waals surface area (Å²) in [5.41, 5.74) is 3.34. The molecule has 0 aliphatic carbocycles. The highest BCUT2D eigenvalue weighted by molar-refractivity contribution is 5.94. The van der Waals surface area contributed by atoms with Crippen molar-refractivity contribution in [3.63, 3.8) is 0 Å². The molecule has 0 aliphatic rings. The number of carbonyl (C=O) groups excluding carboxylic acids is 1. The largest absolute Gasteiger partial charge is 0.490 e. The molecule has 0 saturated carbocycles. The van der Waals surface area contributed by atoms with Crippen LogP contribution in [0.25, 0.3) is 0 Å². The van der Waals surface area contributed by atoms with Gasteiger partial charge in [-0.1, -0.05) is 0 Å². The van der Waals surface area contributed by atoms with Gasteiger partial charge in [-0.2, -0.15) is 5.10 Å². The van der Waals surface area contributed by atoms with Crippen LogP contribution in [-0.4, -0.2) is 33.6 Å². The van der Waals surface area contributed by atoms with E-state index < -0.39 is 4.92 Å². The number of carbonyl (C=O) groups is 1. The van der Waals surface area contributed by atoms with Crippen LogP contribution in [0.3, 0.4) is 0 Å². The first kappa shape index (κ1) is 20.4. The van der Waals surface area contributed by atoms with Crippen molar-refractivity contribution in [1.29, 1.82) is 0 Å². The number of ether oxygens (including phenoxy) is 2. The highest BCUT2D eigenvalue weighted by Crippen LogP contribution is 2.32. The summed E-state index contributed by atoms with van der Waals surface area (Å²) in [5.74, 6) is 0.621. The van der Waals surface area contributed by atoms with Gasteiger partial charge in [0.05, 0.1) is 23.3 Å². The molecule has 0 saturated heterocycles. The van der Waals surface area contributed by atoms with Crippen LogP contribution in [0, 0.1) is 10.1 Å². The van der Waals surface area contributed by atoms with E-state index in [1.165, 1.54) is 24.5 Å². The van der Waals surface area contributed by atoms with Crippen molar-refractivity contribution in [3.8, 4) is 17.4 Å². The van der Waals surface area contributed by atoms with Crippen LogP contribution in [0.15, 0.2) is 66.2 Å². The highest BCUT2D eigenvalue weighted by atomic mass is 16.6. The molecule has 0 atom stereocenters. The average Bonchev–Trinajstić information content (AvgIpc) is 2.76. The van der Waals surface area contributed by atoms with Crippen LogP contribution in [0.5, 0.6) is 17.4 Å². The summed E-state index contributed by atoms with van der Waals surface area (Å²) in [4.78, 5) is 29.9. The number of nitrogens with zero attached hydrogens (tertiary/aromatic N) is 4. The first-order chi connectivity index (χ1) is 14.6. The first-order valence-electron chi connectivity index (χ1n) is 8.85. The minimum atomic E-state index is -0.538. The Kier molecular flexibility index (Phi) is 6.62. The second-order valence-electron chi connectivity index (χ2n) is 5.79. The molecule has 1 amide bonds. The first-order valence-corrected chi connectivity index (χ1v) is 8.85. The van der Waals surface area contributed by atoms with Gasteiger partial charge in [-0.3, -0.25) is 19.9 Å². The Hall–Kier alpha value is -4.34. The summed E-state index contributed by atoms with van der Waals surface area (Å²) < 4.78 is 11.3. The Bertz CT molecular complexity index is 1050. The van der Waals surface area contributed by atoms with Crippen molar-refractivity contribution >= 4 is 17.8 Å². The molecule has 30 heavy (non-hydrogen) atoms. The van der Waals surface area contributed by atoms with E-state index in [2.05, 4.69) is 20.5 Å². The van der Waals surface area contributed by atoms with Crippen molar-refractivity contribution < 1.29 is 19.2 Å². The van der Waals surface area contributed by atoms with Crippen LogP contribution in [0.2, 0.25) is 0 Å². The maximum atomic E-state index is 12.0. The van der Waals surface area contributed by atoms with Gasteiger partial charge >= 0.3 is 0 Å². The van der Waals surface area contributed by atoms with E-state index in [1.807, 2.05) is 6.92 Å². The van der Waals surface area contributed by atoms with Gasteiger partial charge in [0.2, 0.25) is 5.88 Å². The lowest BCUT2D eigenvalue weighted by atomic mass is 10.2. The molecule has 1 N–H and O–H groups in total. The van der Waals surface area contributed by atoms with E-state index in [9.17, 15) is 14.9 Å². The van der Waals surface area contributed by atoms with Crippen LogP contribution in [-0.2, 0) is 0 Å². The third kappa shape index (κ3) is 5.35. The molecule has 2 heterocycles. The summed E-state index contributed by atoms with van der Waals surface area (Å²) >= 11 is 0. The average molecular weight is 407 g/mol. The minimum absolute atomic E-state index is 0.132. The van der Waals surface area contributed by atoms with Gasteiger partial charge < -0.3 is 9.47 Å². The van der Waals surface area contributed by atoms with E-state index in [0.29, 0.717) is 29.2 Å². The van der Waals surface area contributed by atoms with Gasteiger partial charge in [0, 0.05) is 24.5 Å². The fourth-order valence-electron chi connectivity index (χ4n) is 2.34. The van der Waals surface area contributed by atoms with Crippen LogP contribution in [0.4, 0.5) is 5.69 Å². The number of rotatable bonds is 8. The zero-order valence-corrected chi connectivity index (χ0v) is 15.9. The number of benzene rings is 1. The molecule has 3 aromatic rings. The molecule has 0 spiro atoms. The molecule has 152 valence electrons. The predicted octanol–water partition coefficient (Wildman–Crippen LogP) is 3.34. The van der Waals surface area contributed by atoms with E-state index in [0.717, 1.165) is 6.20 Å². The number of aromatic nitrogens is 2. The van der Waals surface area contributed by atoms with Crippen LogP contribution in [0.1, 0.15) is 22.8 Å². The predicted molar refractivity (Wildman–Crippen MR) is 108 cm³/mol. The Morgan fingerprint density at radius 2 is 2.10 bits per heavy atom. The zero-order chi connectivity index (χ0) is 21.3. The lowest BCUT2D eigenvalue weighted by molar-refractivity contribution is -0.385. The van der Waals surface area contributed by atoms with Crippen molar-refractivity contribution in [1.82, 2.24) is 15.4 Å². The third-order valence-corrected chi connectivity index (χ3v) is 3.72. The van der Waals surface area contributed by atoms with E-state index in [4.69, 9.17) is 9.47 Å². The smallest absolute Gasteiger partial charge is 0.287 e. The highest BCUT2D eigenvalue weighted by Gasteiger charge is 2.11. The standard InChI is InChI=1S/C20H17N5O5/c1-2-29-18-10-14(11-23-24-20(26)15-4-3-9-21-12-15)5-7-17(18)30-19-8-6-16(13-22-19)25(27)28/h3-13H,2H2,1H3,(H,24,26)/b23-11+. The minimum Gasteiger partial charge on any atom is -0.490 e.